The number of allylic oxidation sites excluding steroid dienone is 2. The first-order valence-corrected chi connectivity index (χ1v) is 11.2. The Morgan fingerprint density at radius 3 is 2.35 bits per heavy atom. The maximum atomic E-state index is 13.5. The second-order valence-corrected chi connectivity index (χ2v) is 8.96. The van der Waals surface area contributed by atoms with Crippen LogP contribution in [0.15, 0.2) is 75.1 Å². The first kappa shape index (κ1) is 18.5. The van der Waals surface area contributed by atoms with Gasteiger partial charge in [-0.25, -0.2) is 0 Å². The van der Waals surface area contributed by atoms with Crippen molar-refractivity contribution in [1.82, 2.24) is 0 Å². The second-order valence-electron chi connectivity index (χ2n) is 8.04. The Bertz CT molecular complexity index is 1640. The second kappa shape index (κ2) is 6.63. The smallest absolute Gasteiger partial charge is 0.190 e. The molecule has 0 amide bonds. The molecule has 1 heterocycles. The first-order valence-electron chi connectivity index (χ1n) is 10.4. The Hall–Kier alpha value is -3.24. The molecule has 3 nitrogen and oxygen atoms in total. The highest BCUT2D eigenvalue weighted by Crippen LogP contribution is 2.42. The molecule has 6 rings (SSSR count). The summed E-state index contributed by atoms with van der Waals surface area (Å²) in [6.45, 7) is 2.02. The molecule has 4 heteroatoms. The van der Waals surface area contributed by atoms with Gasteiger partial charge in [-0.1, -0.05) is 53.5 Å². The fraction of sp³-hybridized carbons (Fsp3) is 0.111. The minimum Gasteiger partial charge on any atom is -0.456 e. The molecular weight excluding hydrogens is 452 g/mol. The zero-order valence-corrected chi connectivity index (χ0v) is 18.4. The van der Waals surface area contributed by atoms with Gasteiger partial charge >= 0.3 is 0 Å². The monoisotopic (exact) mass is 468 g/mol. The third-order valence-corrected chi connectivity index (χ3v) is 6.67. The van der Waals surface area contributed by atoms with Crippen molar-refractivity contribution in [3.8, 4) is 0 Å². The van der Waals surface area contributed by atoms with E-state index in [0.717, 1.165) is 54.4 Å². The van der Waals surface area contributed by atoms with E-state index in [1.165, 1.54) is 6.08 Å². The number of hydrogen-bond donors (Lipinski definition) is 0. The number of carbonyl (C=O) groups excluding carboxylic acids is 2. The zero-order chi connectivity index (χ0) is 21.3. The lowest BCUT2D eigenvalue weighted by Gasteiger charge is -2.17. The van der Waals surface area contributed by atoms with E-state index < -0.39 is 0 Å². The highest BCUT2D eigenvalue weighted by Gasteiger charge is 2.29. The number of carbonyl (C=O) groups is 2. The molecule has 1 aliphatic rings. The molecule has 0 radical (unpaired) electrons. The van der Waals surface area contributed by atoms with Crippen LogP contribution in [-0.4, -0.2) is 11.6 Å². The maximum absolute atomic E-state index is 13.5. The Morgan fingerprint density at radius 2 is 1.55 bits per heavy atom. The summed E-state index contributed by atoms with van der Waals surface area (Å²) in [4.78, 5) is 26.4. The molecule has 4 aromatic carbocycles. The number of fused-ring (bicyclic) bond motifs is 9. The summed E-state index contributed by atoms with van der Waals surface area (Å²) in [7, 11) is 0. The average Bonchev–Trinajstić information content (AvgIpc) is 3.16. The van der Waals surface area contributed by atoms with Gasteiger partial charge in [0.25, 0.3) is 0 Å². The average molecular weight is 469 g/mol. The van der Waals surface area contributed by atoms with Crippen molar-refractivity contribution in [3.63, 3.8) is 0 Å². The Balaban J connectivity index is 1.85. The van der Waals surface area contributed by atoms with Crippen LogP contribution in [0.1, 0.15) is 40.5 Å². The van der Waals surface area contributed by atoms with Crippen LogP contribution in [0, 0.1) is 0 Å². The van der Waals surface area contributed by atoms with Crippen molar-refractivity contribution >= 4 is 71.0 Å². The topological polar surface area (TPSA) is 47.3 Å². The molecule has 0 atom stereocenters. The summed E-state index contributed by atoms with van der Waals surface area (Å²) < 4.78 is 7.19. The summed E-state index contributed by atoms with van der Waals surface area (Å²) >= 11 is 3.59. The van der Waals surface area contributed by atoms with Crippen molar-refractivity contribution in [1.29, 1.82) is 0 Å². The van der Waals surface area contributed by atoms with Crippen LogP contribution in [0.25, 0.3) is 43.5 Å². The van der Waals surface area contributed by atoms with Crippen molar-refractivity contribution in [2.24, 2.45) is 0 Å². The molecule has 1 aromatic heterocycles. The number of Topliss-reactive ketones (excluding diaryl/α,β-unsaturated/α-hetero) is 1. The van der Waals surface area contributed by atoms with Crippen LogP contribution in [0.4, 0.5) is 0 Å². The summed E-state index contributed by atoms with van der Waals surface area (Å²) in [6.07, 6.45) is 2.92. The van der Waals surface area contributed by atoms with Crippen molar-refractivity contribution in [3.05, 3.63) is 81.8 Å². The normalized spacial score (nSPS) is 14.1. The van der Waals surface area contributed by atoms with Crippen LogP contribution >= 0.6 is 15.9 Å². The van der Waals surface area contributed by atoms with E-state index in [0.29, 0.717) is 23.1 Å². The zero-order valence-electron chi connectivity index (χ0n) is 16.8. The molecule has 0 saturated heterocycles. The van der Waals surface area contributed by atoms with Crippen molar-refractivity contribution in [2.75, 3.05) is 0 Å². The highest BCUT2D eigenvalue weighted by molar-refractivity contribution is 9.10. The molecule has 1 aliphatic carbocycles. The molecule has 0 fully saturated rings. The van der Waals surface area contributed by atoms with Gasteiger partial charge in [-0.15, -0.1) is 0 Å². The van der Waals surface area contributed by atoms with Gasteiger partial charge in [0.2, 0.25) is 0 Å². The number of benzene rings is 4. The fourth-order valence-electron chi connectivity index (χ4n) is 4.82. The Kier molecular flexibility index (Phi) is 3.96. The molecule has 150 valence electrons. The number of rotatable bonds is 2. The van der Waals surface area contributed by atoms with Gasteiger partial charge in [0.05, 0.1) is 0 Å². The number of halogens is 1. The summed E-state index contributed by atoms with van der Waals surface area (Å²) in [6, 6.07) is 17.8. The standard InChI is InChI=1S/C27H17BrO3/c1-2-3-16-12-20(29)18-9-5-15-7-11-22-26(23(15)25(18)27(16)30)24-19-13-17(28)8-4-14(19)6-10-21(24)31-22/h4-13H,2-3H2,1H3. The van der Waals surface area contributed by atoms with Gasteiger partial charge in [-0.2, -0.15) is 0 Å². The lowest BCUT2D eigenvalue weighted by atomic mass is 9.83. The summed E-state index contributed by atoms with van der Waals surface area (Å²) in [5, 5.41) is 5.75. The van der Waals surface area contributed by atoms with E-state index in [-0.39, 0.29) is 11.6 Å². The van der Waals surface area contributed by atoms with Crippen molar-refractivity contribution in [2.45, 2.75) is 19.8 Å². The van der Waals surface area contributed by atoms with Gasteiger partial charge in [0.1, 0.15) is 11.2 Å². The Labute approximate surface area is 186 Å². The third kappa shape index (κ3) is 2.58. The van der Waals surface area contributed by atoms with E-state index in [1.807, 2.05) is 43.3 Å². The molecule has 31 heavy (non-hydrogen) atoms. The van der Waals surface area contributed by atoms with Gasteiger partial charge in [0.15, 0.2) is 11.6 Å². The lowest BCUT2D eigenvalue weighted by Crippen LogP contribution is -2.17. The molecule has 0 N–H and O–H groups in total. The van der Waals surface area contributed by atoms with Gasteiger partial charge in [-0.05, 0) is 59.0 Å². The minimum absolute atomic E-state index is 0.0506. The van der Waals surface area contributed by atoms with Crippen LogP contribution in [-0.2, 0) is 0 Å². The van der Waals surface area contributed by atoms with Crippen LogP contribution in [0.5, 0.6) is 0 Å². The number of ketones is 2. The van der Waals surface area contributed by atoms with Crippen molar-refractivity contribution < 1.29 is 14.0 Å². The predicted octanol–water partition coefficient (Wildman–Crippen LogP) is 7.76. The van der Waals surface area contributed by atoms with E-state index in [9.17, 15) is 9.59 Å². The first-order chi connectivity index (χ1) is 15.1. The van der Waals surface area contributed by atoms with Crippen LogP contribution in [0.2, 0.25) is 0 Å². The van der Waals surface area contributed by atoms with E-state index in [2.05, 4.69) is 28.1 Å². The molecule has 0 bridgehead atoms. The predicted molar refractivity (Wildman–Crippen MR) is 128 cm³/mol. The summed E-state index contributed by atoms with van der Waals surface area (Å²) in [5.41, 5.74) is 3.05. The molecular formula is C27H17BrO3. The molecule has 0 aliphatic heterocycles. The Morgan fingerprint density at radius 1 is 0.839 bits per heavy atom. The molecule has 5 aromatic rings. The number of hydrogen-bond acceptors (Lipinski definition) is 3. The minimum atomic E-state index is -0.0997. The quantitative estimate of drug-likeness (QED) is 0.266. The van der Waals surface area contributed by atoms with Gasteiger partial charge < -0.3 is 4.42 Å². The van der Waals surface area contributed by atoms with Crippen LogP contribution in [0.3, 0.4) is 0 Å². The fourth-order valence-corrected chi connectivity index (χ4v) is 5.18. The molecule has 0 saturated carbocycles. The van der Waals surface area contributed by atoms with E-state index in [1.54, 1.807) is 6.07 Å². The highest BCUT2D eigenvalue weighted by atomic mass is 79.9. The van der Waals surface area contributed by atoms with E-state index >= 15 is 0 Å². The largest absolute Gasteiger partial charge is 0.456 e. The van der Waals surface area contributed by atoms with E-state index in [4.69, 9.17) is 4.42 Å². The number of furan rings is 1. The third-order valence-electron chi connectivity index (χ3n) is 6.17. The van der Waals surface area contributed by atoms with Gasteiger partial charge in [0, 0.05) is 37.3 Å². The van der Waals surface area contributed by atoms with Gasteiger partial charge in [-0.3, -0.25) is 9.59 Å². The maximum Gasteiger partial charge on any atom is 0.190 e. The lowest BCUT2D eigenvalue weighted by molar-refractivity contribution is 0.0983. The SMILES string of the molecule is CCCC1=CC(=O)c2ccc3ccc4oc5ccc6ccc(Br)cc6c5c4c3c2C1=O. The van der Waals surface area contributed by atoms with Crippen LogP contribution < -0.4 is 0 Å². The summed E-state index contributed by atoms with van der Waals surface area (Å²) in [5.74, 6) is -0.150. The molecule has 0 unspecified atom stereocenters. The molecule has 0 spiro atoms.